The van der Waals surface area contributed by atoms with Crippen molar-refractivity contribution in [2.45, 2.75) is 37.9 Å². The van der Waals surface area contributed by atoms with Gasteiger partial charge in [-0.3, -0.25) is 0 Å². The number of thioether (sulfide) groups is 1. The zero-order chi connectivity index (χ0) is 21.6. The maximum absolute atomic E-state index is 13.1. The Morgan fingerprint density at radius 1 is 1.40 bits per heavy atom. The van der Waals surface area contributed by atoms with Crippen LogP contribution in [0.25, 0.3) is 28.1 Å². The summed E-state index contributed by atoms with van der Waals surface area (Å²) in [6.07, 6.45) is 0.894. The van der Waals surface area contributed by atoms with Gasteiger partial charge >= 0.3 is 6.18 Å². The van der Waals surface area contributed by atoms with Crippen LogP contribution in [0, 0.1) is 5.92 Å². The van der Waals surface area contributed by atoms with Crippen molar-refractivity contribution in [2.75, 3.05) is 5.75 Å². The lowest BCUT2D eigenvalue weighted by atomic mass is 10.2. The second-order valence-electron chi connectivity index (χ2n) is 7.04. The lowest BCUT2D eigenvalue weighted by molar-refractivity contribution is -0.141. The van der Waals surface area contributed by atoms with Crippen molar-refractivity contribution >= 4 is 41.0 Å². The Kier molecular flexibility index (Phi) is 5.21. The third-order valence-electron chi connectivity index (χ3n) is 5.08. The Balaban J connectivity index is 1.95. The molecular weight excluding hydrogens is 413 g/mol. The maximum Gasteiger partial charge on any atom is 0.433 e. The minimum Gasteiger partial charge on any atom is -0.326 e. The number of halogens is 3. The van der Waals surface area contributed by atoms with Crippen molar-refractivity contribution in [3.8, 4) is 11.4 Å². The first kappa shape index (κ1) is 20.6. The van der Waals surface area contributed by atoms with Gasteiger partial charge in [-0.2, -0.15) is 18.3 Å². The van der Waals surface area contributed by atoms with Gasteiger partial charge in [-0.15, -0.1) is 11.8 Å². The molecule has 10 heteroatoms. The third kappa shape index (κ3) is 3.42. The van der Waals surface area contributed by atoms with E-state index in [9.17, 15) is 13.2 Å². The van der Waals surface area contributed by atoms with Gasteiger partial charge < -0.3 is 4.57 Å². The van der Waals surface area contributed by atoms with Crippen LogP contribution in [0.2, 0.25) is 0 Å². The van der Waals surface area contributed by atoms with Crippen LogP contribution in [0.3, 0.4) is 0 Å². The molecule has 0 amide bonds. The maximum atomic E-state index is 13.1. The van der Waals surface area contributed by atoms with Crippen molar-refractivity contribution < 1.29 is 13.2 Å². The van der Waals surface area contributed by atoms with E-state index in [0.717, 1.165) is 35.4 Å². The molecule has 1 aliphatic rings. The van der Waals surface area contributed by atoms with Gasteiger partial charge in [-0.25, -0.2) is 19.6 Å². The summed E-state index contributed by atoms with van der Waals surface area (Å²) in [6.45, 7) is 7.71. The number of imidazole rings is 1. The van der Waals surface area contributed by atoms with Gasteiger partial charge in [-0.05, 0) is 38.3 Å². The third-order valence-corrected chi connectivity index (χ3v) is 5.92. The Hall–Kier alpha value is -2.62. The lowest BCUT2D eigenvalue weighted by Gasteiger charge is -2.08. The fourth-order valence-electron chi connectivity index (χ4n) is 3.53. The number of fused-ring (bicyclic) bond motifs is 1. The molecule has 6 nitrogen and oxygen atoms in total. The molecule has 3 aromatic heterocycles. The highest BCUT2D eigenvalue weighted by Crippen LogP contribution is 2.45. The highest BCUT2D eigenvalue weighted by Gasteiger charge is 2.34. The molecular formula is C20H21F3N6S. The molecule has 0 N–H and O–H groups in total. The summed E-state index contributed by atoms with van der Waals surface area (Å²) in [5, 5.41) is 5.50. The van der Waals surface area contributed by atoms with E-state index in [2.05, 4.69) is 21.7 Å². The number of aromatic nitrogens is 5. The van der Waals surface area contributed by atoms with Gasteiger partial charge in [0.05, 0.1) is 22.8 Å². The Labute approximate surface area is 175 Å². The molecule has 0 aliphatic heterocycles. The van der Waals surface area contributed by atoms with Crippen molar-refractivity contribution in [1.29, 1.82) is 0 Å². The molecule has 4 rings (SSSR count). The van der Waals surface area contributed by atoms with Gasteiger partial charge in [0.25, 0.3) is 0 Å². The zero-order valence-electron chi connectivity index (χ0n) is 16.9. The zero-order valence-corrected chi connectivity index (χ0v) is 17.7. The largest absolute Gasteiger partial charge is 0.433 e. The molecule has 3 heterocycles. The smallest absolute Gasteiger partial charge is 0.326 e. The van der Waals surface area contributed by atoms with Crippen LogP contribution in [-0.4, -0.2) is 36.8 Å². The van der Waals surface area contributed by atoms with E-state index in [4.69, 9.17) is 5.10 Å². The average molecular weight is 434 g/mol. The van der Waals surface area contributed by atoms with E-state index in [0.29, 0.717) is 28.6 Å². The minimum atomic E-state index is -4.53. The number of alkyl halides is 3. The second-order valence-corrected chi connectivity index (χ2v) is 8.30. The summed E-state index contributed by atoms with van der Waals surface area (Å²) in [5.41, 5.74) is 1.48. The van der Waals surface area contributed by atoms with Crippen molar-refractivity contribution in [3.05, 3.63) is 24.0 Å². The molecule has 0 saturated heterocycles. The van der Waals surface area contributed by atoms with Crippen LogP contribution in [0.1, 0.15) is 32.4 Å². The van der Waals surface area contributed by atoms with E-state index in [1.54, 1.807) is 16.3 Å². The number of pyridine rings is 1. The molecule has 158 valence electrons. The average Bonchev–Trinajstić information content (AvgIpc) is 3.40. The summed E-state index contributed by atoms with van der Waals surface area (Å²) in [7, 11) is 1.75. The van der Waals surface area contributed by atoms with E-state index in [1.807, 2.05) is 19.9 Å². The summed E-state index contributed by atoms with van der Waals surface area (Å²) >= 11 is 1.54. The van der Waals surface area contributed by atoms with Crippen LogP contribution in [0.5, 0.6) is 0 Å². The van der Waals surface area contributed by atoms with Crippen molar-refractivity contribution in [3.63, 3.8) is 0 Å². The van der Waals surface area contributed by atoms with Gasteiger partial charge in [0, 0.05) is 18.7 Å². The lowest BCUT2D eigenvalue weighted by Crippen LogP contribution is -2.07. The number of hydrogen-bond acceptors (Lipinski definition) is 5. The normalized spacial score (nSPS) is 15.2. The molecule has 30 heavy (non-hydrogen) atoms. The van der Waals surface area contributed by atoms with Crippen LogP contribution >= 0.6 is 11.8 Å². The van der Waals surface area contributed by atoms with Crippen LogP contribution in [0.4, 0.5) is 19.0 Å². The number of aryl methyl sites for hydroxylation is 1. The van der Waals surface area contributed by atoms with Gasteiger partial charge in [-0.1, -0.05) is 13.0 Å². The summed E-state index contributed by atoms with van der Waals surface area (Å²) in [5.74, 6) is 2.25. The summed E-state index contributed by atoms with van der Waals surface area (Å²) < 4.78 is 42.8. The molecule has 0 unspecified atom stereocenters. The number of hydrogen-bond donors (Lipinski definition) is 0. The predicted octanol–water partition coefficient (Wildman–Crippen LogP) is 5.57. The molecule has 0 bridgehead atoms. The van der Waals surface area contributed by atoms with Crippen LogP contribution < -0.4 is 0 Å². The predicted molar refractivity (Wildman–Crippen MR) is 113 cm³/mol. The van der Waals surface area contributed by atoms with Crippen LogP contribution in [0.15, 0.2) is 28.4 Å². The second kappa shape index (κ2) is 7.57. The van der Waals surface area contributed by atoms with E-state index in [-0.39, 0.29) is 5.52 Å². The van der Waals surface area contributed by atoms with Crippen molar-refractivity contribution in [1.82, 2.24) is 24.3 Å². The highest BCUT2D eigenvalue weighted by molar-refractivity contribution is 7.99. The molecule has 1 fully saturated rings. The van der Waals surface area contributed by atoms with Crippen LogP contribution in [-0.2, 0) is 13.2 Å². The van der Waals surface area contributed by atoms with Crippen molar-refractivity contribution in [2.24, 2.45) is 18.0 Å². The molecule has 0 spiro atoms. The molecule has 3 aromatic rings. The topological polar surface area (TPSA) is 60.9 Å². The number of aliphatic imine (C=N–C) groups is 1. The molecule has 1 aliphatic carbocycles. The summed E-state index contributed by atoms with van der Waals surface area (Å²) in [6, 6.07) is 0.971. The highest BCUT2D eigenvalue weighted by atomic mass is 32.2. The Bertz CT molecular complexity index is 1150. The number of nitrogens with zero attached hydrogens (tertiary/aromatic N) is 6. The Morgan fingerprint density at radius 2 is 2.13 bits per heavy atom. The van der Waals surface area contributed by atoms with E-state index < -0.39 is 11.9 Å². The first-order chi connectivity index (χ1) is 14.3. The van der Waals surface area contributed by atoms with E-state index in [1.165, 1.54) is 18.0 Å². The monoisotopic (exact) mass is 434 g/mol. The molecule has 0 aromatic carbocycles. The minimum absolute atomic E-state index is 0.221. The fraction of sp³-hybridized carbons (Fsp3) is 0.400. The van der Waals surface area contributed by atoms with E-state index >= 15 is 0 Å². The fourth-order valence-corrected chi connectivity index (χ4v) is 4.27. The quantitative estimate of drug-likeness (QED) is 0.376. The van der Waals surface area contributed by atoms with Gasteiger partial charge in [0.15, 0.2) is 5.82 Å². The number of rotatable bonds is 6. The summed E-state index contributed by atoms with van der Waals surface area (Å²) in [4.78, 5) is 12.3. The standard InChI is InChI=1S/C20H21F3N6S/c1-5-13(11-7-8-11)29-17(24-3)16(19(27-29)30-6-2)18-26-12-9-15(20(21,22)23)25-10-14(12)28(18)4/h5,9-11H,3,6-8H2,1-2,4H3/b13-5-. The SMILES string of the molecule is C=Nc1c(-c2nc3cc(C(F)(F)F)ncc3n2C)c(SCC)nn1/C(=C\C)C1CC1. The molecule has 1 saturated carbocycles. The molecule has 0 atom stereocenters. The van der Waals surface area contributed by atoms with Gasteiger partial charge in [0.2, 0.25) is 0 Å². The van der Waals surface area contributed by atoms with Gasteiger partial charge in [0.1, 0.15) is 16.5 Å². The first-order valence-corrected chi connectivity index (χ1v) is 10.6. The molecule has 0 radical (unpaired) electrons. The Morgan fingerprint density at radius 3 is 2.70 bits per heavy atom. The first-order valence-electron chi connectivity index (χ1n) is 9.59. The number of allylic oxidation sites excluding steroid dienone is 2.